The van der Waals surface area contributed by atoms with E-state index in [9.17, 15) is 24.4 Å². The lowest BCUT2D eigenvalue weighted by Gasteiger charge is -2.37. The van der Waals surface area contributed by atoms with Crippen LogP contribution in [-0.2, 0) is 4.79 Å². The van der Waals surface area contributed by atoms with Crippen molar-refractivity contribution in [2.45, 2.75) is 38.1 Å². The average molecular weight is 296 g/mol. The average Bonchev–Trinajstić information content (AvgIpc) is 2.40. The molecule has 7 heteroatoms. The van der Waals surface area contributed by atoms with E-state index in [-0.39, 0.29) is 11.6 Å². The van der Waals surface area contributed by atoms with E-state index in [1.807, 2.05) is 6.92 Å². The number of carboxylic acid groups (broad SMARTS) is 1. The van der Waals surface area contributed by atoms with Crippen molar-refractivity contribution in [3.63, 3.8) is 0 Å². The molecule has 114 valence electrons. The molecule has 0 spiro atoms. The molecular formula is C14H17FN2O4. The molecule has 0 heterocycles. The van der Waals surface area contributed by atoms with E-state index in [0.29, 0.717) is 12.8 Å². The summed E-state index contributed by atoms with van der Waals surface area (Å²) in [7, 11) is 0. The largest absolute Gasteiger partial charge is 0.480 e. The number of anilines is 1. The molecule has 0 saturated heterocycles. The fourth-order valence-corrected chi connectivity index (χ4v) is 2.93. The lowest BCUT2D eigenvalue weighted by Crippen LogP contribution is -2.49. The van der Waals surface area contributed by atoms with Crippen molar-refractivity contribution in [2.75, 3.05) is 5.32 Å². The Bertz CT molecular complexity index is 578. The van der Waals surface area contributed by atoms with Gasteiger partial charge in [-0.3, -0.25) is 10.1 Å². The summed E-state index contributed by atoms with van der Waals surface area (Å²) in [5, 5.41) is 23.3. The molecule has 1 aliphatic rings. The quantitative estimate of drug-likeness (QED) is 0.657. The highest BCUT2D eigenvalue weighted by Crippen LogP contribution is 2.37. The number of rotatable bonds is 4. The maximum Gasteiger partial charge on any atom is 0.329 e. The zero-order valence-electron chi connectivity index (χ0n) is 11.6. The van der Waals surface area contributed by atoms with Gasteiger partial charge < -0.3 is 10.4 Å². The molecule has 0 amide bonds. The Morgan fingerprint density at radius 1 is 1.57 bits per heavy atom. The van der Waals surface area contributed by atoms with Gasteiger partial charge in [0.05, 0.1) is 11.0 Å². The molecule has 0 aromatic heterocycles. The minimum Gasteiger partial charge on any atom is -0.480 e. The van der Waals surface area contributed by atoms with E-state index >= 15 is 0 Å². The van der Waals surface area contributed by atoms with Crippen molar-refractivity contribution in [1.29, 1.82) is 0 Å². The van der Waals surface area contributed by atoms with E-state index in [2.05, 4.69) is 5.32 Å². The van der Waals surface area contributed by atoms with E-state index in [1.165, 1.54) is 6.07 Å². The molecule has 1 fully saturated rings. The molecule has 1 aliphatic carbocycles. The van der Waals surface area contributed by atoms with Gasteiger partial charge in [0.25, 0.3) is 5.69 Å². The second kappa shape index (κ2) is 5.67. The highest BCUT2D eigenvalue weighted by Gasteiger charge is 2.43. The van der Waals surface area contributed by atoms with Crippen LogP contribution in [0.2, 0.25) is 0 Å². The van der Waals surface area contributed by atoms with E-state index in [4.69, 9.17) is 0 Å². The molecule has 6 nitrogen and oxygen atoms in total. The molecule has 21 heavy (non-hydrogen) atoms. The van der Waals surface area contributed by atoms with Crippen molar-refractivity contribution in [2.24, 2.45) is 5.92 Å². The molecule has 2 N–H and O–H groups in total. The number of hydrogen-bond donors (Lipinski definition) is 2. The first-order valence-electron chi connectivity index (χ1n) is 6.79. The highest BCUT2D eigenvalue weighted by atomic mass is 19.1. The summed E-state index contributed by atoms with van der Waals surface area (Å²) in [5.41, 5.74) is -1.65. The standard InChI is InChI=1S/C14H17FN2O4/c1-9-3-2-6-14(8-9,13(18)19)16-11-5-4-10(15)7-12(11)17(20)21/h4-5,7,9,16H,2-3,6,8H2,1H3,(H,18,19). The number of halogens is 1. The second-order valence-electron chi connectivity index (χ2n) is 5.63. The van der Waals surface area contributed by atoms with Gasteiger partial charge in [-0.15, -0.1) is 0 Å². The van der Waals surface area contributed by atoms with E-state index in [0.717, 1.165) is 25.0 Å². The van der Waals surface area contributed by atoms with Gasteiger partial charge in [0.1, 0.15) is 17.0 Å². The Morgan fingerprint density at radius 3 is 2.86 bits per heavy atom. The third-order valence-corrected chi connectivity index (χ3v) is 3.94. The predicted octanol–water partition coefficient (Wildman–Crippen LogP) is 3.18. The van der Waals surface area contributed by atoms with Crippen molar-refractivity contribution < 1.29 is 19.2 Å². The molecule has 1 saturated carbocycles. The number of nitro benzene ring substituents is 1. The first-order chi connectivity index (χ1) is 9.84. The lowest BCUT2D eigenvalue weighted by atomic mass is 9.76. The molecule has 1 aromatic carbocycles. The van der Waals surface area contributed by atoms with Crippen LogP contribution in [0.4, 0.5) is 15.8 Å². The van der Waals surface area contributed by atoms with Crippen LogP contribution in [0.25, 0.3) is 0 Å². The summed E-state index contributed by atoms with van der Waals surface area (Å²) < 4.78 is 13.2. The zero-order chi connectivity index (χ0) is 15.6. The van der Waals surface area contributed by atoms with Crippen molar-refractivity contribution in [3.8, 4) is 0 Å². The molecule has 0 aliphatic heterocycles. The topological polar surface area (TPSA) is 92.5 Å². The summed E-state index contributed by atoms with van der Waals surface area (Å²) in [6.45, 7) is 1.96. The minimum absolute atomic E-state index is 0.0397. The van der Waals surface area contributed by atoms with Crippen LogP contribution in [-0.4, -0.2) is 21.5 Å². The summed E-state index contributed by atoms with van der Waals surface area (Å²) in [6.07, 6.45) is 2.44. The predicted molar refractivity (Wildman–Crippen MR) is 74.7 cm³/mol. The van der Waals surface area contributed by atoms with Gasteiger partial charge in [-0.05, 0) is 30.9 Å². The maximum absolute atomic E-state index is 13.2. The van der Waals surface area contributed by atoms with Gasteiger partial charge in [-0.2, -0.15) is 0 Å². The van der Waals surface area contributed by atoms with Crippen LogP contribution in [0, 0.1) is 21.8 Å². The lowest BCUT2D eigenvalue weighted by molar-refractivity contribution is -0.384. The Balaban J connectivity index is 2.38. The number of hydrogen-bond acceptors (Lipinski definition) is 4. The summed E-state index contributed by atoms with van der Waals surface area (Å²) in [6, 6.07) is 3.10. The summed E-state index contributed by atoms with van der Waals surface area (Å²) in [5.74, 6) is -1.55. The van der Waals surface area contributed by atoms with Crippen LogP contribution in [0.15, 0.2) is 18.2 Å². The van der Waals surface area contributed by atoms with Gasteiger partial charge in [-0.25, -0.2) is 9.18 Å². The van der Waals surface area contributed by atoms with Gasteiger partial charge in [0, 0.05) is 0 Å². The monoisotopic (exact) mass is 296 g/mol. The van der Waals surface area contributed by atoms with Crippen molar-refractivity contribution in [1.82, 2.24) is 0 Å². The van der Waals surface area contributed by atoms with E-state index in [1.54, 1.807) is 0 Å². The normalized spacial score (nSPS) is 25.3. The van der Waals surface area contributed by atoms with E-state index < -0.39 is 27.9 Å². The van der Waals surface area contributed by atoms with Crippen molar-refractivity contribution >= 4 is 17.3 Å². The molecule has 2 atom stereocenters. The number of carboxylic acids is 1. The number of nitrogens with one attached hydrogen (secondary N) is 1. The fraction of sp³-hybridized carbons (Fsp3) is 0.500. The Hall–Kier alpha value is -2.18. The van der Waals surface area contributed by atoms with Crippen LogP contribution >= 0.6 is 0 Å². The van der Waals surface area contributed by atoms with Gasteiger partial charge in [0.15, 0.2) is 0 Å². The van der Waals surface area contributed by atoms with Crippen LogP contribution in [0.3, 0.4) is 0 Å². The third kappa shape index (κ3) is 3.12. The number of nitro groups is 1. The highest BCUT2D eigenvalue weighted by molar-refractivity contribution is 5.84. The van der Waals surface area contributed by atoms with Crippen LogP contribution in [0.5, 0.6) is 0 Å². The Morgan fingerprint density at radius 2 is 2.29 bits per heavy atom. The van der Waals surface area contributed by atoms with Crippen LogP contribution < -0.4 is 5.32 Å². The number of carbonyl (C=O) groups is 1. The molecule has 2 unspecified atom stereocenters. The third-order valence-electron chi connectivity index (χ3n) is 3.94. The number of nitrogens with zero attached hydrogens (tertiary/aromatic N) is 1. The van der Waals surface area contributed by atoms with Crippen LogP contribution in [0.1, 0.15) is 32.6 Å². The SMILES string of the molecule is CC1CCCC(Nc2ccc(F)cc2[N+](=O)[O-])(C(=O)O)C1. The summed E-state index contributed by atoms with van der Waals surface area (Å²) >= 11 is 0. The van der Waals surface area contributed by atoms with Gasteiger partial charge >= 0.3 is 5.97 Å². The second-order valence-corrected chi connectivity index (χ2v) is 5.63. The first kappa shape index (κ1) is 15.2. The number of benzene rings is 1. The Kier molecular flexibility index (Phi) is 4.11. The summed E-state index contributed by atoms with van der Waals surface area (Å²) in [4.78, 5) is 22.0. The van der Waals surface area contributed by atoms with Gasteiger partial charge in [0.2, 0.25) is 0 Å². The Labute approximate surface area is 121 Å². The molecule has 0 radical (unpaired) electrons. The van der Waals surface area contributed by atoms with Gasteiger partial charge in [-0.1, -0.05) is 19.8 Å². The zero-order valence-corrected chi connectivity index (χ0v) is 11.6. The smallest absolute Gasteiger partial charge is 0.329 e. The first-order valence-corrected chi connectivity index (χ1v) is 6.79. The molecular weight excluding hydrogens is 279 g/mol. The van der Waals surface area contributed by atoms with Crippen molar-refractivity contribution in [3.05, 3.63) is 34.1 Å². The maximum atomic E-state index is 13.2. The molecule has 0 bridgehead atoms. The number of aliphatic carboxylic acids is 1. The molecule has 2 rings (SSSR count). The molecule has 1 aromatic rings. The minimum atomic E-state index is -1.24. The fourth-order valence-electron chi connectivity index (χ4n) is 2.93.